The highest BCUT2D eigenvalue weighted by atomic mass is 35.5. The molecule has 0 saturated heterocycles. The molecular formula is C28H20Cl2N2O2. The zero-order valence-corrected chi connectivity index (χ0v) is 19.8. The third-order valence-electron chi connectivity index (χ3n) is 5.59. The number of benzene rings is 3. The molecule has 4 nitrogen and oxygen atoms in total. The third-order valence-corrected chi connectivity index (χ3v) is 6.22. The first-order valence-electron chi connectivity index (χ1n) is 10.6. The SMILES string of the molecule is CC/C(=C(/c1ccc(/C=C/C(=O)O)cc1)c1[nH]c2ccccc2c1Cl)c1ccc(Cl)cc1C#N. The van der Waals surface area contributed by atoms with E-state index < -0.39 is 5.97 Å². The second-order valence-electron chi connectivity index (χ2n) is 7.66. The molecule has 0 atom stereocenters. The summed E-state index contributed by atoms with van der Waals surface area (Å²) < 4.78 is 0. The number of allylic oxidation sites excluding steroid dienone is 1. The van der Waals surface area contributed by atoms with Gasteiger partial charge >= 0.3 is 5.97 Å². The lowest BCUT2D eigenvalue weighted by molar-refractivity contribution is -0.131. The molecule has 0 aliphatic heterocycles. The molecule has 0 bridgehead atoms. The molecule has 34 heavy (non-hydrogen) atoms. The number of carboxylic acid groups (broad SMARTS) is 1. The standard InChI is InChI=1S/C28H20Cl2N2O2/c1-2-21(22-13-12-20(29)15-19(22)16-31)26(18-10-7-17(8-11-18)9-14-25(33)34)28-27(30)23-5-3-4-6-24(23)32-28/h3-15,32H,2H2,1H3,(H,33,34)/b14-9+,26-21+. The number of carboxylic acids is 1. The van der Waals surface area contributed by atoms with Gasteiger partial charge in [0.1, 0.15) is 0 Å². The first-order chi connectivity index (χ1) is 16.4. The first kappa shape index (κ1) is 23.4. The molecule has 3 aromatic carbocycles. The van der Waals surface area contributed by atoms with Crippen molar-refractivity contribution >= 4 is 57.3 Å². The molecule has 168 valence electrons. The van der Waals surface area contributed by atoms with E-state index in [2.05, 4.69) is 11.1 Å². The number of carbonyl (C=O) groups is 1. The lowest BCUT2D eigenvalue weighted by Gasteiger charge is -2.17. The Balaban J connectivity index is 2.01. The van der Waals surface area contributed by atoms with E-state index in [4.69, 9.17) is 28.3 Å². The Hall–Kier alpha value is -3.78. The van der Waals surface area contributed by atoms with Crippen LogP contribution in [0.15, 0.2) is 72.8 Å². The quantitative estimate of drug-likeness (QED) is 0.215. The molecular weight excluding hydrogens is 467 g/mol. The first-order valence-corrected chi connectivity index (χ1v) is 11.4. The van der Waals surface area contributed by atoms with E-state index in [-0.39, 0.29) is 0 Å². The van der Waals surface area contributed by atoms with Crippen molar-refractivity contribution in [2.45, 2.75) is 13.3 Å². The molecule has 0 amide bonds. The van der Waals surface area contributed by atoms with Gasteiger partial charge in [0.05, 0.1) is 22.3 Å². The average Bonchev–Trinajstić information content (AvgIpc) is 3.18. The second kappa shape index (κ2) is 10.0. The summed E-state index contributed by atoms with van der Waals surface area (Å²) in [5, 5.41) is 20.7. The van der Waals surface area contributed by atoms with Crippen LogP contribution in [0.5, 0.6) is 0 Å². The average molecular weight is 487 g/mol. The fourth-order valence-corrected chi connectivity index (χ4v) is 4.53. The summed E-state index contributed by atoms with van der Waals surface area (Å²) in [6, 6.07) is 22.9. The topological polar surface area (TPSA) is 76.9 Å². The van der Waals surface area contributed by atoms with Crippen LogP contribution in [-0.4, -0.2) is 16.1 Å². The number of H-pyrrole nitrogens is 1. The summed E-state index contributed by atoms with van der Waals surface area (Å²) >= 11 is 13.0. The lowest BCUT2D eigenvalue weighted by atomic mass is 9.88. The van der Waals surface area contributed by atoms with Gasteiger partial charge in [-0.3, -0.25) is 0 Å². The van der Waals surface area contributed by atoms with Gasteiger partial charge in [-0.25, -0.2) is 4.79 Å². The number of halogens is 2. The van der Waals surface area contributed by atoms with E-state index in [0.29, 0.717) is 22.0 Å². The summed E-state index contributed by atoms with van der Waals surface area (Å²) in [6.07, 6.45) is 3.28. The molecule has 2 N–H and O–H groups in total. The predicted molar refractivity (Wildman–Crippen MR) is 139 cm³/mol. The fourth-order valence-electron chi connectivity index (χ4n) is 4.05. The number of hydrogen-bond donors (Lipinski definition) is 2. The van der Waals surface area contributed by atoms with Crippen molar-refractivity contribution < 1.29 is 9.90 Å². The van der Waals surface area contributed by atoms with Crippen LogP contribution in [0.2, 0.25) is 10.0 Å². The van der Waals surface area contributed by atoms with Gasteiger partial charge in [0.25, 0.3) is 0 Å². The maximum absolute atomic E-state index is 10.9. The highest BCUT2D eigenvalue weighted by Gasteiger charge is 2.21. The van der Waals surface area contributed by atoms with Crippen LogP contribution in [-0.2, 0) is 4.79 Å². The molecule has 0 aliphatic carbocycles. The van der Waals surface area contributed by atoms with Gasteiger partial charge in [-0.1, -0.05) is 78.7 Å². The van der Waals surface area contributed by atoms with Gasteiger partial charge in [-0.15, -0.1) is 0 Å². The van der Waals surface area contributed by atoms with Crippen molar-refractivity contribution in [2.75, 3.05) is 0 Å². The maximum atomic E-state index is 10.9. The van der Waals surface area contributed by atoms with E-state index in [1.54, 1.807) is 18.2 Å². The number of hydrogen-bond acceptors (Lipinski definition) is 2. The predicted octanol–water partition coefficient (Wildman–Crippen LogP) is 7.81. The highest BCUT2D eigenvalue weighted by Crippen LogP contribution is 2.41. The normalized spacial score (nSPS) is 12.1. The molecule has 0 radical (unpaired) electrons. The molecule has 4 rings (SSSR count). The van der Waals surface area contributed by atoms with Crippen LogP contribution in [0.4, 0.5) is 0 Å². The van der Waals surface area contributed by atoms with E-state index in [0.717, 1.165) is 50.5 Å². The molecule has 0 saturated carbocycles. The van der Waals surface area contributed by atoms with E-state index >= 15 is 0 Å². The summed E-state index contributed by atoms with van der Waals surface area (Å²) in [7, 11) is 0. The molecule has 0 spiro atoms. The largest absolute Gasteiger partial charge is 0.478 e. The number of aliphatic carboxylic acids is 1. The van der Waals surface area contributed by atoms with Crippen molar-refractivity contribution in [1.82, 2.24) is 4.98 Å². The van der Waals surface area contributed by atoms with E-state index in [1.165, 1.54) is 0 Å². The van der Waals surface area contributed by atoms with Crippen molar-refractivity contribution in [2.24, 2.45) is 0 Å². The van der Waals surface area contributed by atoms with Crippen LogP contribution in [0.25, 0.3) is 28.1 Å². The molecule has 1 aromatic heterocycles. The van der Waals surface area contributed by atoms with E-state index in [9.17, 15) is 10.1 Å². The molecule has 1 heterocycles. The minimum Gasteiger partial charge on any atom is -0.478 e. The lowest BCUT2D eigenvalue weighted by Crippen LogP contribution is -1.98. The van der Waals surface area contributed by atoms with Crippen LogP contribution in [0, 0.1) is 11.3 Å². The fraction of sp³-hybridized carbons (Fsp3) is 0.0714. The molecule has 4 aromatic rings. The Morgan fingerprint density at radius 1 is 1.09 bits per heavy atom. The number of aromatic amines is 1. The van der Waals surface area contributed by atoms with Crippen molar-refractivity contribution in [3.8, 4) is 6.07 Å². The van der Waals surface area contributed by atoms with Crippen LogP contribution in [0.1, 0.15) is 41.3 Å². The smallest absolute Gasteiger partial charge is 0.328 e. The summed E-state index contributed by atoms with van der Waals surface area (Å²) in [5.74, 6) is -1.01. The third kappa shape index (κ3) is 4.63. The molecule has 0 aliphatic rings. The minimum atomic E-state index is -1.01. The monoisotopic (exact) mass is 486 g/mol. The number of para-hydroxylation sites is 1. The summed E-state index contributed by atoms with van der Waals surface area (Å²) in [5.41, 5.74) is 6.39. The van der Waals surface area contributed by atoms with Gasteiger partial charge in [0.15, 0.2) is 0 Å². The minimum absolute atomic E-state index is 0.482. The number of nitriles is 1. The van der Waals surface area contributed by atoms with Crippen molar-refractivity contribution in [1.29, 1.82) is 5.26 Å². The number of nitrogens with one attached hydrogen (secondary N) is 1. The number of rotatable bonds is 6. The molecule has 6 heteroatoms. The zero-order chi connectivity index (χ0) is 24.2. The Kier molecular flexibility index (Phi) is 6.88. The van der Waals surface area contributed by atoms with Gasteiger partial charge in [0.2, 0.25) is 0 Å². The zero-order valence-electron chi connectivity index (χ0n) is 18.3. The number of nitrogens with zero attached hydrogens (tertiary/aromatic N) is 1. The van der Waals surface area contributed by atoms with Crippen LogP contribution in [0.3, 0.4) is 0 Å². The van der Waals surface area contributed by atoms with Gasteiger partial charge in [-0.2, -0.15) is 5.26 Å². The van der Waals surface area contributed by atoms with Gasteiger partial charge in [0, 0.05) is 27.6 Å². The number of fused-ring (bicyclic) bond motifs is 1. The number of aromatic nitrogens is 1. The van der Waals surface area contributed by atoms with Crippen LogP contribution >= 0.6 is 23.2 Å². The van der Waals surface area contributed by atoms with Crippen LogP contribution < -0.4 is 0 Å². The van der Waals surface area contributed by atoms with E-state index in [1.807, 2.05) is 61.5 Å². The molecule has 0 unspecified atom stereocenters. The Bertz CT molecular complexity index is 1490. The summed E-state index contributed by atoms with van der Waals surface area (Å²) in [4.78, 5) is 14.3. The van der Waals surface area contributed by atoms with Gasteiger partial charge < -0.3 is 10.1 Å². The Morgan fingerprint density at radius 3 is 2.47 bits per heavy atom. The maximum Gasteiger partial charge on any atom is 0.328 e. The second-order valence-corrected chi connectivity index (χ2v) is 8.48. The highest BCUT2D eigenvalue weighted by molar-refractivity contribution is 6.38. The molecule has 0 fully saturated rings. The Labute approximate surface area is 207 Å². The van der Waals surface area contributed by atoms with Crippen molar-refractivity contribution in [3.05, 3.63) is 111 Å². The Morgan fingerprint density at radius 2 is 1.82 bits per heavy atom. The van der Waals surface area contributed by atoms with Crippen molar-refractivity contribution in [3.63, 3.8) is 0 Å². The van der Waals surface area contributed by atoms with Gasteiger partial charge in [-0.05, 0) is 53.0 Å². The summed E-state index contributed by atoms with van der Waals surface area (Å²) in [6.45, 7) is 2.03.